The molecule has 0 aromatic rings. The van der Waals surface area contributed by atoms with E-state index in [-0.39, 0.29) is 0 Å². The molecule has 4 aliphatic carbocycles. The smallest absolute Gasteiger partial charge is 0.0400 e. The Bertz CT molecular complexity index is 653. The zero-order valence-electron chi connectivity index (χ0n) is 23.5. The summed E-state index contributed by atoms with van der Waals surface area (Å²) in [4.78, 5) is 5.07. The van der Waals surface area contributed by atoms with E-state index in [0.717, 1.165) is 49.2 Å². The summed E-state index contributed by atoms with van der Waals surface area (Å²) in [5.41, 5.74) is 8.83. The second kappa shape index (κ2) is 12.9. The Labute approximate surface area is 206 Å². The number of fused-ring (bicyclic) bond motifs is 5. The van der Waals surface area contributed by atoms with Crippen LogP contribution in [0.3, 0.4) is 0 Å². The molecule has 0 saturated heterocycles. The van der Waals surface area contributed by atoms with Crippen molar-refractivity contribution >= 4 is 5.71 Å². The molecule has 3 heteroatoms. The van der Waals surface area contributed by atoms with Crippen molar-refractivity contribution < 1.29 is 0 Å². The molecule has 7 atom stereocenters. The van der Waals surface area contributed by atoms with Crippen molar-refractivity contribution in [2.75, 3.05) is 26.7 Å². The van der Waals surface area contributed by atoms with Crippen LogP contribution < -0.4 is 11.1 Å². The van der Waals surface area contributed by atoms with E-state index in [1.165, 1.54) is 70.5 Å². The zero-order chi connectivity index (χ0) is 24.6. The second-order valence-corrected chi connectivity index (χ2v) is 11.5. The quantitative estimate of drug-likeness (QED) is 0.249. The summed E-state index contributed by atoms with van der Waals surface area (Å²) in [7, 11) is 1.50. The minimum absolute atomic E-state index is 0.500. The molecule has 0 amide bonds. The molecule has 0 aliphatic heterocycles. The van der Waals surface area contributed by atoms with Gasteiger partial charge >= 0.3 is 0 Å². The molecule has 4 rings (SSSR count). The lowest BCUT2D eigenvalue weighted by Crippen LogP contribution is -2.50. The van der Waals surface area contributed by atoms with E-state index in [4.69, 9.17) is 4.99 Å². The standard InChI is InChI=1S/C27H46N2.C2H6.CH5N/c1-6-28-16-7-17-29-20(3)23-10-11-24-22-9-8-21-18-19(2)12-14-26(21,4)25(22)13-15-27(23,24)5;2*1-2/h8,19,22-25,28H,6-7,9-18H2,1-5H3;1-2H3;2H2,1H3. The van der Waals surface area contributed by atoms with E-state index in [1.54, 1.807) is 0 Å². The third-order valence-corrected chi connectivity index (χ3v) is 9.98. The summed E-state index contributed by atoms with van der Waals surface area (Å²) in [6.07, 6.45) is 15.3. The molecule has 192 valence electrons. The molecule has 3 N–H and O–H groups in total. The van der Waals surface area contributed by atoms with Gasteiger partial charge in [-0.15, -0.1) is 0 Å². The minimum Gasteiger partial charge on any atom is -0.333 e. The van der Waals surface area contributed by atoms with Crippen LogP contribution in [0, 0.1) is 40.4 Å². The number of nitrogens with zero attached hydrogens (tertiary/aromatic N) is 1. The highest BCUT2D eigenvalue weighted by atomic mass is 14.8. The Hall–Kier alpha value is -0.670. The normalized spacial score (nSPS) is 39.6. The lowest BCUT2D eigenvalue weighted by Gasteiger charge is -2.58. The van der Waals surface area contributed by atoms with Gasteiger partial charge in [-0.2, -0.15) is 0 Å². The predicted molar refractivity (Wildman–Crippen MR) is 147 cm³/mol. The van der Waals surface area contributed by atoms with Crippen molar-refractivity contribution in [1.82, 2.24) is 5.32 Å². The molecule has 4 aliphatic rings. The van der Waals surface area contributed by atoms with Crippen LogP contribution >= 0.6 is 0 Å². The van der Waals surface area contributed by atoms with E-state index < -0.39 is 0 Å². The molecule has 0 aromatic carbocycles. The van der Waals surface area contributed by atoms with Gasteiger partial charge in [-0.1, -0.05) is 53.2 Å². The Morgan fingerprint density at radius 3 is 2.52 bits per heavy atom. The number of aliphatic imine (C=N–C) groups is 1. The summed E-state index contributed by atoms with van der Waals surface area (Å²) in [6.45, 7) is 19.5. The third kappa shape index (κ3) is 5.77. The van der Waals surface area contributed by atoms with Crippen molar-refractivity contribution in [2.24, 2.45) is 51.1 Å². The SMILES string of the molecule is CC.CCNCCCN=C(C)C1CCC2C3CC=C4CC(C)CCC4(C)C3CCC12C.CN. The van der Waals surface area contributed by atoms with Crippen molar-refractivity contribution in [3.63, 3.8) is 0 Å². The monoisotopic (exact) mass is 459 g/mol. The highest BCUT2D eigenvalue weighted by Crippen LogP contribution is 2.66. The van der Waals surface area contributed by atoms with Crippen molar-refractivity contribution in [3.05, 3.63) is 11.6 Å². The molecular formula is C30H57N3. The highest BCUT2D eigenvalue weighted by molar-refractivity contribution is 5.85. The maximum Gasteiger partial charge on any atom is 0.0400 e. The Morgan fingerprint density at radius 2 is 1.82 bits per heavy atom. The molecule has 0 bridgehead atoms. The fourth-order valence-electron chi connectivity index (χ4n) is 8.28. The first kappa shape index (κ1) is 28.6. The largest absolute Gasteiger partial charge is 0.333 e. The van der Waals surface area contributed by atoms with Gasteiger partial charge in [-0.3, -0.25) is 4.99 Å². The maximum absolute atomic E-state index is 5.07. The van der Waals surface area contributed by atoms with Crippen LogP contribution in [0.15, 0.2) is 16.6 Å². The summed E-state index contributed by atoms with van der Waals surface area (Å²) in [6, 6.07) is 0. The molecule has 3 fully saturated rings. The lowest BCUT2D eigenvalue weighted by molar-refractivity contribution is -0.0353. The van der Waals surface area contributed by atoms with Gasteiger partial charge in [-0.25, -0.2) is 0 Å². The predicted octanol–water partition coefficient (Wildman–Crippen LogP) is 7.26. The van der Waals surface area contributed by atoms with Crippen LogP contribution in [0.1, 0.15) is 106 Å². The molecule has 0 radical (unpaired) electrons. The van der Waals surface area contributed by atoms with E-state index in [1.807, 2.05) is 19.4 Å². The van der Waals surface area contributed by atoms with Gasteiger partial charge in [0, 0.05) is 18.2 Å². The number of rotatable bonds is 6. The molecule has 7 unspecified atom stereocenters. The second-order valence-electron chi connectivity index (χ2n) is 11.5. The number of hydrogen-bond donors (Lipinski definition) is 2. The fourth-order valence-corrected chi connectivity index (χ4v) is 8.28. The highest BCUT2D eigenvalue weighted by Gasteiger charge is 2.58. The van der Waals surface area contributed by atoms with E-state index in [9.17, 15) is 0 Å². The average Bonchev–Trinajstić information content (AvgIpc) is 3.19. The van der Waals surface area contributed by atoms with Crippen LogP contribution in [-0.4, -0.2) is 32.4 Å². The Kier molecular flexibility index (Phi) is 11.1. The summed E-state index contributed by atoms with van der Waals surface area (Å²) < 4.78 is 0. The van der Waals surface area contributed by atoms with Crippen molar-refractivity contribution in [2.45, 2.75) is 106 Å². The van der Waals surface area contributed by atoms with Crippen LogP contribution in [-0.2, 0) is 0 Å². The molecule has 3 nitrogen and oxygen atoms in total. The van der Waals surface area contributed by atoms with Crippen LogP contribution in [0.4, 0.5) is 0 Å². The molecule has 0 heterocycles. The Morgan fingerprint density at radius 1 is 1.09 bits per heavy atom. The molecule has 3 saturated carbocycles. The molecule has 0 aromatic heterocycles. The number of allylic oxidation sites excluding steroid dienone is 2. The summed E-state index contributed by atoms with van der Waals surface area (Å²) in [5.74, 6) is 4.44. The van der Waals surface area contributed by atoms with Gasteiger partial charge in [0.15, 0.2) is 0 Å². The summed E-state index contributed by atoms with van der Waals surface area (Å²) >= 11 is 0. The number of hydrogen-bond acceptors (Lipinski definition) is 3. The van der Waals surface area contributed by atoms with Crippen LogP contribution in [0.2, 0.25) is 0 Å². The minimum atomic E-state index is 0.500. The molecule has 33 heavy (non-hydrogen) atoms. The van der Waals surface area contributed by atoms with Crippen molar-refractivity contribution in [1.29, 1.82) is 0 Å². The van der Waals surface area contributed by atoms with Gasteiger partial charge < -0.3 is 11.1 Å². The van der Waals surface area contributed by atoms with E-state index in [0.29, 0.717) is 10.8 Å². The average molecular weight is 460 g/mol. The van der Waals surface area contributed by atoms with Gasteiger partial charge in [0.25, 0.3) is 0 Å². The Balaban J connectivity index is 0.000000914. The van der Waals surface area contributed by atoms with Crippen molar-refractivity contribution in [3.8, 4) is 0 Å². The first-order valence-electron chi connectivity index (χ1n) is 14.4. The van der Waals surface area contributed by atoms with Gasteiger partial charge in [0.1, 0.15) is 0 Å². The lowest BCUT2D eigenvalue weighted by atomic mass is 9.47. The topological polar surface area (TPSA) is 50.4 Å². The first-order chi connectivity index (χ1) is 15.9. The first-order valence-corrected chi connectivity index (χ1v) is 14.4. The van der Waals surface area contributed by atoms with Crippen LogP contribution in [0.5, 0.6) is 0 Å². The van der Waals surface area contributed by atoms with E-state index in [2.05, 4.69) is 51.7 Å². The fraction of sp³-hybridized carbons (Fsp3) is 0.900. The van der Waals surface area contributed by atoms with Gasteiger partial charge in [-0.05, 0) is 119 Å². The third-order valence-electron chi connectivity index (χ3n) is 9.98. The summed E-state index contributed by atoms with van der Waals surface area (Å²) in [5, 5.41) is 3.43. The van der Waals surface area contributed by atoms with E-state index >= 15 is 0 Å². The maximum atomic E-state index is 5.07. The zero-order valence-corrected chi connectivity index (χ0v) is 23.5. The van der Waals surface area contributed by atoms with Crippen LogP contribution in [0.25, 0.3) is 0 Å². The number of nitrogens with two attached hydrogens (primary N) is 1. The molecule has 0 spiro atoms. The van der Waals surface area contributed by atoms with Gasteiger partial charge in [0.05, 0.1) is 0 Å². The van der Waals surface area contributed by atoms with Gasteiger partial charge in [0.2, 0.25) is 0 Å². The number of nitrogens with one attached hydrogen (secondary N) is 1. The molecular weight excluding hydrogens is 402 g/mol.